The quantitative estimate of drug-likeness (QED) is 0.520. The van der Waals surface area contributed by atoms with Crippen molar-refractivity contribution in [3.05, 3.63) is 0 Å². The molecule has 0 aromatic rings. The second kappa shape index (κ2) is 6.08. The monoisotopic (exact) mass is 285 g/mol. The predicted octanol–water partition coefficient (Wildman–Crippen LogP) is -0.550. The van der Waals surface area contributed by atoms with E-state index in [1.54, 1.807) is 0 Å². The highest BCUT2D eigenvalue weighted by Crippen LogP contribution is 2.29. The van der Waals surface area contributed by atoms with E-state index in [2.05, 4.69) is 15.5 Å². The van der Waals surface area contributed by atoms with Crippen LogP contribution in [0.15, 0.2) is 0 Å². The van der Waals surface area contributed by atoms with Gasteiger partial charge in [0.2, 0.25) is 0 Å². The summed E-state index contributed by atoms with van der Waals surface area (Å²) in [6.07, 6.45) is 2.61. The van der Waals surface area contributed by atoms with Crippen molar-refractivity contribution >= 4 is 18.0 Å². The first kappa shape index (κ1) is 14.6. The average Bonchev–Trinajstić information content (AvgIpc) is 3.09. The number of rotatable bonds is 6. The van der Waals surface area contributed by atoms with Crippen LogP contribution in [0.3, 0.4) is 0 Å². The number of likely N-dealkylation sites (tertiary alicyclic amines) is 1. The fourth-order valence-electron chi connectivity index (χ4n) is 2.44. The van der Waals surface area contributed by atoms with Gasteiger partial charge in [-0.2, -0.15) is 0 Å². The number of nitrogens with one attached hydrogen (secondary N) is 2. The normalized spacial score (nSPS) is 24.1. The van der Waals surface area contributed by atoms with Crippen molar-refractivity contribution in [1.29, 1.82) is 0 Å². The molecular weight excluding hydrogens is 266 g/mol. The molecule has 2 aliphatic rings. The minimum atomic E-state index is -1.41. The fraction of sp³-hybridized carbons (Fsp3) is 0.750. The van der Waals surface area contributed by atoms with Crippen LogP contribution in [0, 0.1) is 0 Å². The molecule has 1 unspecified atom stereocenters. The van der Waals surface area contributed by atoms with Gasteiger partial charge < -0.3 is 20.8 Å². The Labute approximate surface area is 116 Å². The van der Waals surface area contributed by atoms with Crippen LogP contribution in [0.1, 0.15) is 25.7 Å². The summed E-state index contributed by atoms with van der Waals surface area (Å²) in [5.41, 5.74) is 0. The van der Waals surface area contributed by atoms with Gasteiger partial charge in [-0.1, -0.05) is 0 Å². The van der Waals surface area contributed by atoms with Crippen LogP contribution in [0.5, 0.6) is 0 Å². The summed E-state index contributed by atoms with van der Waals surface area (Å²) in [6, 6.07) is -1.40. The van der Waals surface area contributed by atoms with Gasteiger partial charge in [-0.15, -0.1) is 0 Å². The van der Waals surface area contributed by atoms with E-state index in [0.717, 1.165) is 19.5 Å². The molecule has 0 aromatic heterocycles. The number of urea groups is 1. The summed E-state index contributed by atoms with van der Waals surface area (Å²) in [6.45, 7) is 1.71. The number of carbonyl (C=O) groups is 3. The van der Waals surface area contributed by atoms with E-state index in [0.29, 0.717) is 6.04 Å². The molecule has 1 saturated carbocycles. The maximum absolute atomic E-state index is 11.7. The lowest BCUT2D eigenvalue weighted by Crippen LogP contribution is -2.50. The second-order valence-corrected chi connectivity index (χ2v) is 5.32. The van der Waals surface area contributed by atoms with E-state index >= 15 is 0 Å². The molecule has 2 rings (SSSR count). The van der Waals surface area contributed by atoms with Crippen molar-refractivity contribution in [3.63, 3.8) is 0 Å². The zero-order valence-corrected chi connectivity index (χ0v) is 11.0. The molecule has 8 heteroatoms. The van der Waals surface area contributed by atoms with Crippen LogP contribution in [0.2, 0.25) is 0 Å². The minimum Gasteiger partial charge on any atom is -0.481 e. The van der Waals surface area contributed by atoms with Crippen molar-refractivity contribution in [3.8, 4) is 0 Å². The molecule has 1 aliphatic carbocycles. The Morgan fingerprint density at radius 1 is 1.20 bits per heavy atom. The molecular formula is C12H19N3O5. The molecule has 112 valence electrons. The van der Waals surface area contributed by atoms with Gasteiger partial charge in [0.15, 0.2) is 0 Å². The first-order valence-electron chi connectivity index (χ1n) is 6.71. The second-order valence-electron chi connectivity index (χ2n) is 5.32. The number of nitrogens with zero attached hydrogens (tertiary/aromatic N) is 1. The SMILES string of the molecule is O=C(O)C[C@@H](NC(=O)NC1CCN(C2CC2)C1)C(=O)O. The largest absolute Gasteiger partial charge is 0.481 e. The fourth-order valence-corrected chi connectivity index (χ4v) is 2.44. The molecule has 2 atom stereocenters. The third-order valence-electron chi connectivity index (χ3n) is 3.60. The number of carboxylic acid groups (broad SMARTS) is 2. The molecule has 2 fully saturated rings. The molecule has 1 heterocycles. The highest BCUT2D eigenvalue weighted by atomic mass is 16.4. The standard InChI is InChI=1S/C12H19N3O5/c16-10(17)5-9(11(18)19)14-12(20)13-7-3-4-15(6-7)8-1-2-8/h7-9H,1-6H2,(H,16,17)(H,18,19)(H2,13,14,20)/t7?,9-/m1/s1. The summed E-state index contributed by atoms with van der Waals surface area (Å²) >= 11 is 0. The number of aliphatic carboxylic acids is 2. The molecule has 0 aromatic carbocycles. The summed E-state index contributed by atoms with van der Waals surface area (Å²) < 4.78 is 0. The maximum atomic E-state index is 11.7. The molecule has 0 radical (unpaired) electrons. The highest BCUT2D eigenvalue weighted by molar-refractivity contribution is 5.86. The number of carbonyl (C=O) groups excluding carboxylic acids is 1. The van der Waals surface area contributed by atoms with Gasteiger partial charge >= 0.3 is 18.0 Å². The summed E-state index contributed by atoms with van der Waals surface area (Å²) in [4.78, 5) is 35.4. The third-order valence-corrected chi connectivity index (χ3v) is 3.60. The van der Waals surface area contributed by atoms with Crippen LogP contribution >= 0.6 is 0 Å². The molecule has 0 spiro atoms. The first-order valence-corrected chi connectivity index (χ1v) is 6.71. The number of amides is 2. The van der Waals surface area contributed by atoms with Gasteiger partial charge in [0.1, 0.15) is 6.04 Å². The number of hydrogen-bond donors (Lipinski definition) is 4. The van der Waals surface area contributed by atoms with Gasteiger partial charge in [0, 0.05) is 25.2 Å². The van der Waals surface area contributed by atoms with Crippen molar-refractivity contribution in [2.45, 2.75) is 43.8 Å². The molecule has 20 heavy (non-hydrogen) atoms. The Balaban J connectivity index is 1.76. The molecule has 2 amide bonds. The van der Waals surface area contributed by atoms with E-state index in [4.69, 9.17) is 10.2 Å². The average molecular weight is 285 g/mol. The van der Waals surface area contributed by atoms with Crippen LogP contribution in [0.25, 0.3) is 0 Å². The van der Waals surface area contributed by atoms with Gasteiger partial charge in [-0.3, -0.25) is 9.69 Å². The van der Waals surface area contributed by atoms with E-state index in [-0.39, 0.29) is 6.04 Å². The number of carboxylic acids is 2. The maximum Gasteiger partial charge on any atom is 0.326 e. The first-order chi connectivity index (χ1) is 9.45. The van der Waals surface area contributed by atoms with Crippen LogP contribution in [0.4, 0.5) is 4.79 Å². The molecule has 4 N–H and O–H groups in total. The van der Waals surface area contributed by atoms with Crippen molar-refractivity contribution in [2.75, 3.05) is 13.1 Å². The summed E-state index contributed by atoms with van der Waals surface area (Å²) in [5.74, 6) is -2.62. The molecule has 0 bridgehead atoms. The van der Waals surface area contributed by atoms with E-state index in [9.17, 15) is 14.4 Å². The Bertz CT molecular complexity index is 410. The van der Waals surface area contributed by atoms with E-state index < -0.39 is 30.4 Å². The van der Waals surface area contributed by atoms with Gasteiger partial charge in [0.25, 0.3) is 0 Å². The van der Waals surface area contributed by atoms with Gasteiger partial charge in [0.05, 0.1) is 6.42 Å². The van der Waals surface area contributed by atoms with Crippen molar-refractivity contribution in [1.82, 2.24) is 15.5 Å². The predicted molar refractivity (Wildman–Crippen MR) is 68.3 cm³/mol. The lowest BCUT2D eigenvalue weighted by Gasteiger charge is -2.18. The van der Waals surface area contributed by atoms with Crippen molar-refractivity contribution in [2.24, 2.45) is 0 Å². The van der Waals surface area contributed by atoms with E-state index in [1.807, 2.05) is 0 Å². The summed E-state index contributed by atoms with van der Waals surface area (Å²) in [5, 5.41) is 22.3. The minimum absolute atomic E-state index is 0.00475. The zero-order valence-electron chi connectivity index (χ0n) is 11.0. The molecule has 1 aliphatic heterocycles. The van der Waals surface area contributed by atoms with Crippen LogP contribution in [-0.2, 0) is 9.59 Å². The summed E-state index contributed by atoms with van der Waals surface area (Å²) in [7, 11) is 0. The van der Waals surface area contributed by atoms with Crippen LogP contribution in [-0.4, -0.2) is 64.3 Å². The Hall–Kier alpha value is -1.83. The smallest absolute Gasteiger partial charge is 0.326 e. The topological polar surface area (TPSA) is 119 Å². The Morgan fingerprint density at radius 3 is 2.45 bits per heavy atom. The van der Waals surface area contributed by atoms with E-state index in [1.165, 1.54) is 12.8 Å². The molecule has 8 nitrogen and oxygen atoms in total. The zero-order chi connectivity index (χ0) is 14.7. The third kappa shape index (κ3) is 4.09. The lowest BCUT2D eigenvalue weighted by atomic mass is 10.2. The Kier molecular flexibility index (Phi) is 4.43. The number of hydrogen-bond acceptors (Lipinski definition) is 4. The van der Waals surface area contributed by atoms with Gasteiger partial charge in [-0.25, -0.2) is 9.59 Å². The van der Waals surface area contributed by atoms with Crippen LogP contribution < -0.4 is 10.6 Å². The highest BCUT2D eigenvalue weighted by Gasteiger charge is 2.35. The molecule has 1 saturated heterocycles. The van der Waals surface area contributed by atoms with Gasteiger partial charge in [-0.05, 0) is 19.3 Å². The Morgan fingerprint density at radius 2 is 1.90 bits per heavy atom. The lowest BCUT2D eigenvalue weighted by molar-refractivity contribution is -0.145. The van der Waals surface area contributed by atoms with Crippen molar-refractivity contribution < 1.29 is 24.6 Å².